The molecule has 2 N–H and O–H groups in total. The molecule has 0 radical (unpaired) electrons. The van der Waals surface area contributed by atoms with E-state index < -0.39 is 4.92 Å². The van der Waals surface area contributed by atoms with Gasteiger partial charge in [0.25, 0.3) is 11.6 Å². The SMILES string of the molecule is COc1ccc([N+](=O)[O-])cc1NC(=O)c1cnn(-c2cccc(C)c2)c1C1CCNCC1.Cl. The lowest BCUT2D eigenvalue weighted by Gasteiger charge is -2.25. The molecular weight excluding hydrogens is 446 g/mol. The number of piperidine rings is 1. The second kappa shape index (κ2) is 10.5. The highest BCUT2D eigenvalue weighted by Crippen LogP contribution is 2.33. The molecule has 0 spiro atoms. The monoisotopic (exact) mass is 471 g/mol. The van der Waals surface area contributed by atoms with Crippen molar-refractivity contribution in [1.29, 1.82) is 0 Å². The van der Waals surface area contributed by atoms with Crippen LogP contribution >= 0.6 is 12.4 Å². The van der Waals surface area contributed by atoms with Gasteiger partial charge < -0.3 is 15.4 Å². The average Bonchev–Trinajstić information content (AvgIpc) is 3.25. The number of nitro groups is 1. The second-order valence-electron chi connectivity index (χ2n) is 7.81. The van der Waals surface area contributed by atoms with Crippen LogP contribution in [0.4, 0.5) is 11.4 Å². The summed E-state index contributed by atoms with van der Waals surface area (Å²) in [5, 5.41) is 21.9. The lowest BCUT2D eigenvalue weighted by molar-refractivity contribution is -0.384. The fourth-order valence-electron chi connectivity index (χ4n) is 4.08. The van der Waals surface area contributed by atoms with Gasteiger partial charge in [0.1, 0.15) is 5.75 Å². The molecule has 4 rings (SSSR count). The first-order chi connectivity index (χ1) is 15.5. The van der Waals surface area contributed by atoms with E-state index in [0.717, 1.165) is 42.9 Å². The van der Waals surface area contributed by atoms with Crippen LogP contribution in [0.5, 0.6) is 5.75 Å². The van der Waals surface area contributed by atoms with E-state index >= 15 is 0 Å². The van der Waals surface area contributed by atoms with Gasteiger partial charge in [0.05, 0.1) is 40.9 Å². The van der Waals surface area contributed by atoms with E-state index in [-0.39, 0.29) is 35.6 Å². The number of hydrogen-bond donors (Lipinski definition) is 2. The number of aromatic nitrogens is 2. The molecule has 1 amide bonds. The van der Waals surface area contributed by atoms with Crippen LogP contribution in [0.25, 0.3) is 5.69 Å². The standard InChI is InChI=1S/C23H25N5O4.ClH/c1-15-4-3-5-17(12-15)27-22(16-8-10-24-11-9-16)19(14-25-27)23(29)26-20-13-18(28(30)31)6-7-21(20)32-2;/h3-7,12-14,16,24H,8-11H2,1-2H3,(H,26,29);1H. The van der Waals surface area contributed by atoms with E-state index in [1.165, 1.54) is 25.3 Å². The number of carbonyl (C=O) groups excluding carboxylic acids is 1. The number of carbonyl (C=O) groups is 1. The summed E-state index contributed by atoms with van der Waals surface area (Å²) in [6, 6.07) is 12.1. The molecule has 1 aliphatic rings. The predicted molar refractivity (Wildman–Crippen MR) is 128 cm³/mol. The number of rotatable bonds is 6. The van der Waals surface area contributed by atoms with Gasteiger partial charge in [-0.1, -0.05) is 12.1 Å². The van der Waals surface area contributed by atoms with Crippen molar-refractivity contribution < 1.29 is 14.5 Å². The molecule has 10 heteroatoms. The summed E-state index contributed by atoms with van der Waals surface area (Å²) in [6.07, 6.45) is 3.34. The zero-order valence-corrected chi connectivity index (χ0v) is 19.2. The van der Waals surface area contributed by atoms with Gasteiger partial charge in [-0.15, -0.1) is 12.4 Å². The van der Waals surface area contributed by atoms with Crippen molar-refractivity contribution in [3.05, 3.63) is 75.6 Å². The average molecular weight is 472 g/mol. The van der Waals surface area contributed by atoms with Gasteiger partial charge in [0, 0.05) is 18.1 Å². The van der Waals surface area contributed by atoms with Crippen LogP contribution in [0.3, 0.4) is 0 Å². The summed E-state index contributed by atoms with van der Waals surface area (Å²) >= 11 is 0. The van der Waals surface area contributed by atoms with Crippen LogP contribution in [-0.2, 0) is 0 Å². The fourth-order valence-corrected chi connectivity index (χ4v) is 4.08. The maximum Gasteiger partial charge on any atom is 0.271 e. The van der Waals surface area contributed by atoms with Gasteiger partial charge in [0.15, 0.2) is 0 Å². The lowest BCUT2D eigenvalue weighted by Crippen LogP contribution is -2.29. The number of anilines is 1. The molecule has 2 heterocycles. The van der Waals surface area contributed by atoms with Crippen molar-refractivity contribution in [3.63, 3.8) is 0 Å². The number of amides is 1. The van der Waals surface area contributed by atoms with Gasteiger partial charge in [-0.3, -0.25) is 14.9 Å². The summed E-state index contributed by atoms with van der Waals surface area (Å²) in [6.45, 7) is 3.74. The minimum Gasteiger partial charge on any atom is -0.495 e. The summed E-state index contributed by atoms with van der Waals surface area (Å²) < 4.78 is 7.12. The number of nitrogens with one attached hydrogen (secondary N) is 2. The topological polar surface area (TPSA) is 111 Å². The van der Waals surface area contributed by atoms with Crippen LogP contribution < -0.4 is 15.4 Å². The van der Waals surface area contributed by atoms with Gasteiger partial charge >= 0.3 is 0 Å². The number of ether oxygens (including phenoxy) is 1. The second-order valence-corrected chi connectivity index (χ2v) is 7.81. The molecule has 1 aromatic heterocycles. The number of hydrogen-bond acceptors (Lipinski definition) is 6. The number of non-ortho nitro benzene ring substituents is 1. The third-order valence-electron chi connectivity index (χ3n) is 5.67. The highest BCUT2D eigenvalue weighted by atomic mass is 35.5. The quantitative estimate of drug-likeness (QED) is 0.411. The van der Waals surface area contributed by atoms with Crippen molar-refractivity contribution in [2.24, 2.45) is 0 Å². The fraction of sp³-hybridized carbons (Fsp3) is 0.304. The third kappa shape index (κ3) is 5.15. The van der Waals surface area contributed by atoms with Crippen molar-refractivity contribution >= 4 is 29.7 Å². The number of halogens is 1. The van der Waals surface area contributed by atoms with Crippen molar-refractivity contribution in [2.45, 2.75) is 25.7 Å². The maximum absolute atomic E-state index is 13.3. The molecule has 2 aromatic carbocycles. The van der Waals surface area contributed by atoms with E-state index in [2.05, 4.69) is 15.7 Å². The summed E-state index contributed by atoms with van der Waals surface area (Å²) in [7, 11) is 1.45. The molecule has 0 unspecified atom stereocenters. The van der Waals surface area contributed by atoms with Crippen molar-refractivity contribution in [3.8, 4) is 11.4 Å². The zero-order chi connectivity index (χ0) is 22.7. The van der Waals surface area contributed by atoms with Gasteiger partial charge in [-0.05, 0) is 56.6 Å². The van der Waals surface area contributed by atoms with Crippen LogP contribution in [-0.4, -0.2) is 40.8 Å². The summed E-state index contributed by atoms with van der Waals surface area (Å²) in [5.74, 6) is 0.127. The highest BCUT2D eigenvalue weighted by molar-refractivity contribution is 6.06. The molecule has 0 bridgehead atoms. The number of methoxy groups -OCH3 is 1. The molecule has 3 aromatic rings. The molecule has 33 heavy (non-hydrogen) atoms. The van der Waals surface area contributed by atoms with E-state index in [0.29, 0.717) is 11.3 Å². The Morgan fingerprint density at radius 1 is 1.24 bits per heavy atom. The van der Waals surface area contributed by atoms with Crippen molar-refractivity contribution in [2.75, 3.05) is 25.5 Å². The Morgan fingerprint density at radius 3 is 2.67 bits per heavy atom. The minimum absolute atomic E-state index is 0. The minimum atomic E-state index is -0.509. The van der Waals surface area contributed by atoms with E-state index in [4.69, 9.17) is 4.74 Å². The number of nitro benzene ring substituents is 1. The molecule has 1 saturated heterocycles. The van der Waals surface area contributed by atoms with E-state index in [1.807, 2.05) is 35.9 Å². The third-order valence-corrected chi connectivity index (χ3v) is 5.67. The Morgan fingerprint density at radius 2 is 2.00 bits per heavy atom. The van der Waals surface area contributed by atoms with Gasteiger partial charge in [-0.2, -0.15) is 5.10 Å². The Balaban J connectivity index is 0.00000306. The normalized spacial score (nSPS) is 13.8. The maximum atomic E-state index is 13.3. The van der Waals surface area contributed by atoms with Crippen LogP contribution in [0.15, 0.2) is 48.7 Å². The molecule has 9 nitrogen and oxygen atoms in total. The first-order valence-electron chi connectivity index (χ1n) is 10.5. The van der Waals surface area contributed by atoms with Gasteiger partial charge in [0.2, 0.25) is 0 Å². The smallest absolute Gasteiger partial charge is 0.271 e. The van der Waals surface area contributed by atoms with Gasteiger partial charge in [-0.25, -0.2) is 4.68 Å². The molecule has 0 aliphatic carbocycles. The molecule has 174 valence electrons. The molecule has 1 aliphatic heterocycles. The Bertz CT molecular complexity index is 1160. The molecular formula is C23H26ClN5O4. The molecule has 0 saturated carbocycles. The highest BCUT2D eigenvalue weighted by Gasteiger charge is 2.27. The Labute approximate surface area is 197 Å². The van der Waals surface area contributed by atoms with Crippen molar-refractivity contribution in [1.82, 2.24) is 15.1 Å². The number of benzene rings is 2. The number of aryl methyl sites for hydroxylation is 1. The molecule has 1 fully saturated rings. The summed E-state index contributed by atoms with van der Waals surface area (Å²) in [4.78, 5) is 24.0. The van der Waals surface area contributed by atoms with Crippen LogP contribution in [0.2, 0.25) is 0 Å². The first kappa shape index (κ1) is 24.2. The van der Waals surface area contributed by atoms with E-state index in [9.17, 15) is 14.9 Å². The zero-order valence-electron chi connectivity index (χ0n) is 18.4. The predicted octanol–water partition coefficient (Wildman–Crippen LogP) is 4.24. The largest absolute Gasteiger partial charge is 0.495 e. The van der Waals surface area contributed by atoms with E-state index in [1.54, 1.807) is 6.20 Å². The summed E-state index contributed by atoms with van der Waals surface area (Å²) in [5.41, 5.74) is 3.40. The Hall–Kier alpha value is -3.43. The van der Waals surface area contributed by atoms with Crippen LogP contribution in [0, 0.1) is 17.0 Å². The lowest BCUT2D eigenvalue weighted by atomic mass is 9.91. The number of nitrogens with zero attached hydrogens (tertiary/aromatic N) is 3. The Kier molecular flexibility index (Phi) is 7.67. The first-order valence-corrected chi connectivity index (χ1v) is 10.5. The molecule has 0 atom stereocenters. The van der Waals surface area contributed by atoms with Crippen LogP contribution in [0.1, 0.15) is 40.4 Å².